The molecule has 1 aliphatic carbocycles. The number of likely N-dealkylation sites (tertiary alicyclic amines) is 1. The summed E-state index contributed by atoms with van der Waals surface area (Å²) in [5.74, 6) is 0.562. The van der Waals surface area contributed by atoms with Gasteiger partial charge in [0.15, 0.2) is 6.54 Å². The minimum atomic E-state index is 0.0726. The number of piperidine rings is 1. The third-order valence-electron chi connectivity index (χ3n) is 6.30. The van der Waals surface area contributed by atoms with Crippen molar-refractivity contribution in [2.24, 2.45) is 5.92 Å². The van der Waals surface area contributed by atoms with Crippen molar-refractivity contribution >= 4 is 17.5 Å². The number of aryl methyl sites for hydroxylation is 1. The highest BCUT2D eigenvalue weighted by Gasteiger charge is 2.28. The molecule has 148 valence electrons. The van der Waals surface area contributed by atoms with E-state index in [1.807, 2.05) is 19.1 Å². The Balaban J connectivity index is 1.40. The van der Waals surface area contributed by atoms with Crippen LogP contribution in [0.4, 0.5) is 5.69 Å². The second-order valence-corrected chi connectivity index (χ2v) is 8.34. The van der Waals surface area contributed by atoms with E-state index >= 15 is 0 Å². The number of hydrogen-bond acceptors (Lipinski definition) is 2. The number of benzene rings is 1. The van der Waals surface area contributed by atoms with Gasteiger partial charge < -0.3 is 15.5 Å². The molecule has 0 radical (unpaired) electrons. The minimum absolute atomic E-state index is 0.0726. The molecule has 1 aromatic rings. The van der Waals surface area contributed by atoms with Crippen LogP contribution in [-0.4, -0.2) is 37.5 Å². The van der Waals surface area contributed by atoms with Crippen molar-refractivity contribution < 1.29 is 14.5 Å². The summed E-state index contributed by atoms with van der Waals surface area (Å²) in [6, 6.07) is 6.28. The van der Waals surface area contributed by atoms with Gasteiger partial charge in [0.2, 0.25) is 5.91 Å². The maximum Gasteiger partial charge on any atom is 0.279 e. The summed E-state index contributed by atoms with van der Waals surface area (Å²) in [6.07, 6.45) is 7.68. The molecule has 5 heteroatoms. The molecule has 0 spiro atoms. The zero-order chi connectivity index (χ0) is 19.2. The molecule has 1 aromatic carbocycles. The molecule has 0 aromatic heterocycles. The molecule has 0 unspecified atom stereocenters. The molecule has 0 bridgehead atoms. The summed E-state index contributed by atoms with van der Waals surface area (Å²) in [5, 5.41) is 6.32. The highest BCUT2D eigenvalue weighted by atomic mass is 16.2. The predicted molar refractivity (Wildman–Crippen MR) is 108 cm³/mol. The van der Waals surface area contributed by atoms with E-state index in [1.54, 1.807) is 0 Å². The van der Waals surface area contributed by atoms with Gasteiger partial charge in [-0.2, -0.15) is 0 Å². The number of quaternary nitrogens is 1. The molecule has 1 saturated carbocycles. The summed E-state index contributed by atoms with van der Waals surface area (Å²) < 4.78 is 0. The Kier molecular flexibility index (Phi) is 6.89. The maximum absolute atomic E-state index is 12.4. The third kappa shape index (κ3) is 5.55. The van der Waals surface area contributed by atoms with Crippen LogP contribution in [0.2, 0.25) is 0 Å². The van der Waals surface area contributed by atoms with E-state index in [4.69, 9.17) is 0 Å². The van der Waals surface area contributed by atoms with Crippen molar-refractivity contribution in [1.82, 2.24) is 5.32 Å². The molecule has 2 fully saturated rings. The van der Waals surface area contributed by atoms with Crippen LogP contribution < -0.4 is 15.5 Å². The molecule has 1 aliphatic heterocycles. The van der Waals surface area contributed by atoms with Gasteiger partial charge in [0, 0.05) is 30.5 Å². The lowest BCUT2D eigenvalue weighted by Crippen LogP contribution is -3.14. The van der Waals surface area contributed by atoms with E-state index in [0.717, 1.165) is 50.0 Å². The molecule has 2 aliphatic rings. The molecule has 0 atom stereocenters. The largest absolute Gasteiger partial charge is 0.353 e. The van der Waals surface area contributed by atoms with Crippen molar-refractivity contribution in [3.8, 4) is 0 Å². The van der Waals surface area contributed by atoms with Gasteiger partial charge in [0.1, 0.15) is 0 Å². The molecule has 1 heterocycles. The molecular weight excluding hydrogens is 338 g/mol. The fraction of sp³-hybridized carbons (Fsp3) is 0.636. The Morgan fingerprint density at radius 2 is 1.74 bits per heavy atom. The Morgan fingerprint density at radius 1 is 1.04 bits per heavy atom. The second-order valence-electron chi connectivity index (χ2n) is 8.34. The number of amides is 2. The predicted octanol–water partition coefficient (Wildman–Crippen LogP) is 1.99. The zero-order valence-electron chi connectivity index (χ0n) is 16.8. The SMILES string of the molecule is Cc1cccc(NC(=O)C[NH+]2CCC(NC(=O)C3CCCCC3)CC2)c1C. The van der Waals surface area contributed by atoms with E-state index in [-0.39, 0.29) is 23.8 Å². The first-order chi connectivity index (χ1) is 13.0. The normalized spacial score (nSPS) is 23.6. The summed E-state index contributed by atoms with van der Waals surface area (Å²) in [5.41, 5.74) is 3.23. The average molecular weight is 373 g/mol. The smallest absolute Gasteiger partial charge is 0.279 e. The number of anilines is 1. The van der Waals surface area contributed by atoms with Crippen LogP contribution in [-0.2, 0) is 9.59 Å². The van der Waals surface area contributed by atoms with Crippen LogP contribution in [0.3, 0.4) is 0 Å². The Labute approximate surface area is 162 Å². The van der Waals surface area contributed by atoms with Crippen molar-refractivity contribution in [3.63, 3.8) is 0 Å². The Bertz CT molecular complexity index is 660. The van der Waals surface area contributed by atoms with Crippen LogP contribution >= 0.6 is 0 Å². The Morgan fingerprint density at radius 3 is 2.44 bits per heavy atom. The third-order valence-corrected chi connectivity index (χ3v) is 6.30. The maximum atomic E-state index is 12.4. The molecule has 2 amide bonds. The Hall–Kier alpha value is -1.88. The number of nitrogens with one attached hydrogen (secondary N) is 3. The van der Waals surface area contributed by atoms with Crippen molar-refractivity contribution in [3.05, 3.63) is 29.3 Å². The van der Waals surface area contributed by atoms with Gasteiger partial charge in [-0.25, -0.2) is 0 Å². The quantitative estimate of drug-likeness (QED) is 0.740. The van der Waals surface area contributed by atoms with Gasteiger partial charge in [0.05, 0.1) is 13.1 Å². The first kappa shape index (κ1) is 19.9. The van der Waals surface area contributed by atoms with Crippen LogP contribution in [0.5, 0.6) is 0 Å². The van der Waals surface area contributed by atoms with E-state index in [1.165, 1.54) is 29.7 Å². The average Bonchev–Trinajstić information content (AvgIpc) is 2.67. The minimum Gasteiger partial charge on any atom is -0.353 e. The van der Waals surface area contributed by atoms with Crippen LogP contribution in [0.25, 0.3) is 0 Å². The summed E-state index contributed by atoms with van der Waals surface area (Å²) in [7, 11) is 0. The zero-order valence-corrected chi connectivity index (χ0v) is 16.8. The lowest BCUT2D eigenvalue weighted by molar-refractivity contribution is -0.897. The van der Waals surface area contributed by atoms with Gasteiger partial charge in [0.25, 0.3) is 5.91 Å². The fourth-order valence-electron chi connectivity index (χ4n) is 4.34. The number of hydrogen-bond donors (Lipinski definition) is 3. The molecule has 3 rings (SSSR count). The highest BCUT2D eigenvalue weighted by molar-refractivity contribution is 5.92. The van der Waals surface area contributed by atoms with Gasteiger partial charge in [-0.05, 0) is 43.9 Å². The van der Waals surface area contributed by atoms with E-state index in [9.17, 15) is 9.59 Å². The van der Waals surface area contributed by atoms with Gasteiger partial charge in [-0.1, -0.05) is 31.4 Å². The van der Waals surface area contributed by atoms with Gasteiger partial charge in [-0.15, -0.1) is 0 Å². The lowest BCUT2D eigenvalue weighted by Gasteiger charge is -2.31. The fourth-order valence-corrected chi connectivity index (χ4v) is 4.34. The van der Waals surface area contributed by atoms with Gasteiger partial charge >= 0.3 is 0 Å². The summed E-state index contributed by atoms with van der Waals surface area (Å²) in [6.45, 7) is 6.48. The molecule has 27 heavy (non-hydrogen) atoms. The summed E-state index contributed by atoms with van der Waals surface area (Å²) in [4.78, 5) is 26.1. The number of carbonyl (C=O) groups excluding carboxylic acids is 2. The van der Waals surface area contributed by atoms with Gasteiger partial charge in [-0.3, -0.25) is 9.59 Å². The van der Waals surface area contributed by atoms with Crippen molar-refractivity contribution in [1.29, 1.82) is 0 Å². The van der Waals surface area contributed by atoms with E-state index in [0.29, 0.717) is 6.54 Å². The van der Waals surface area contributed by atoms with E-state index < -0.39 is 0 Å². The first-order valence-corrected chi connectivity index (χ1v) is 10.5. The lowest BCUT2D eigenvalue weighted by atomic mass is 9.88. The molecule has 3 N–H and O–H groups in total. The monoisotopic (exact) mass is 372 g/mol. The molecule has 5 nitrogen and oxygen atoms in total. The van der Waals surface area contributed by atoms with E-state index in [2.05, 4.69) is 23.6 Å². The van der Waals surface area contributed by atoms with Crippen LogP contribution in [0, 0.1) is 19.8 Å². The van der Waals surface area contributed by atoms with Crippen molar-refractivity contribution in [2.75, 3.05) is 25.0 Å². The summed E-state index contributed by atoms with van der Waals surface area (Å²) >= 11 is 0. The number of carbonyl (C=O) groups is 2. The highest BCUT2D eigenvalue weighted by Crippen LogP contribution is 2.24. The molecular formula is C22H34N3O2+. The topological polar surface area (TPSA) is 62.6 Å². The standard InChI is InChI=1S/C22H33N3O2/c1-16-7-6-10-20(17(16)2)24-21(26)15-25-13-11-19(12-14-25)23-22(27)18-8-4-3-5-9-18/h6-7,10,18-19H,3-5,8-9,11-15H2,1-2H3,(H,23,27)(H,24,26)/p+1. The van der Waals surface area contributed by atoms with Crippen LogP contribution in [0.1, 0.15) is 56.1 Å². The number of rotatable bonds is 5. The van der Waals surface area contributed by atoms with Crippen LogP contribution in [0.15, 0.2) is 18.2 Å². The molecule has 1 saturated heterocycles. The second kappa shape index (κ2) is 9.36. The van der Waals surface area contributed by atoms with Crippen molar-refractivity contribution in [2.45, 2.75) is 64.8 Å². The first-order valence-electron chi connectivity index (χ1n) is 10.5.